The minimum Gasteiger partial charge on any atom is -0.405 e. The van der Waals surface area contributed by atoms with Gasteiger partial charge in [-0.3, -0.25) is 0 Å². The fourth-order valence-corrected chi connectivity index (χ4v) is 0.0786. The molecule has 2 nitrogen and oxygen atoms in total. The molecule has 0 aliphatic rings. The highest BCUT2D eigenvalue weighted by Crippen LogP contribution is 1.48. The van der Waals surface area contributed by atoms with Gasteiger partial charge in [0.25, 0.3) is 0 Å². The van der Waals surface area contributed by atoms with Crippen molar-refractivity contribution < 1.29 is 0 Å². The van der Waals surface area contributed by atoms with Gasteiger partial charge < -0.3 is 11.5 Å². The van der Waals surface area contributed by atoms with Crippen LogP contribution < -0.4 is 11.5 Å². The first-order valence-electron chi connectivity index (χ1n) is 1.48. The zero-order valence-corrected chi connectivity index (χ0v) is 5.47. The molecule has 0 amide bonds. The maximum Gasteiger partial charge on any atom is 0.0123 e. The molecule has 7 heavy (non-hydrogen) atoms. The highest BCUT2D eigenvalue weighted by atomic mass is 35.5. The van der Waals surface area contributed by atoms with Crippen molar-refractivity contribution in [3.63, 3.8) is 0 Å². The normalized spacial score (nSPS) is 7.00. The fourth-order valence-electron chi connectivity index (χ4n) is 0.0786. The van der Waals surface area contributed by atoms with Crippen molar-refractivity contribution >= 4 is 24.8 Å². The van der Waals surface area contributed by atoms with Crippen molar-refractivity contribution in [1.29, 1.82) is 0 Å². The SMILES string of the molecule is Cl.Cl.NC=CCN. The molecule has 0 aromatic rings. The van der Waals surface area contributed by atoms with Gasteiger partial charge in [-0.2, -0.15) is 0 Å². The van der Waals surface area contributed by atoms with Crippen LogP contribution in [0.25, 0.3) is 0 Å². The smallest absolute Gasteiger partial charge is 0.0123 e. The van der Waals surface area contributed by atoms with Gasteiger partial charge in [0.05, 0.1) is 0 Å². The molecule has 0 aromatic carbocycles. The number of rotatable bonds is 1. The standard InChI is InChI=1S/C3H8N2.2ClH/c4-2-1-3-5;;/h1-2H,3-5H2;2*1H. The fraction of sp³-hybridized carbons (Fsp3) is 0.333. The van der Waals surface area contributed by atoms with Gasteiger partial charge in [0, 0.05) is 6.54 Å². The molecule has 4 heteroatoms. The van der Waals surface area contributed by atoms with Crippen LogP contribution in [-0.2, 0) is 0 Å². The summed E-state index contributed by atoms with van der Waals surface area (Å²) in [5, 5.41) is 0. The van der Waals surface area contributed by atoms with Crippen LogP contribution in [-0.4, -0.2) is 6.54 Å². The number of hydrogen-bond donors (Lipinski definition) is 2. The molecule has 4 N–H and O–H groups in total. The van der Waals surface area contributed by atoms with E-state index in [9.17, 15) is 0 Å². The molecule has 0 bridgehead atoms. The largest absolute Gasteiger partial charge is 0.405 e. The Labute approximate surface area is 55.8 Å². The summed E-state index contributed by atoms with van der Waals surface area (Å²) in [4.78, 5) is 0. The van der Waals surface area contributed by atoms with E-state index in [1.165, 1.54) is 6.20 Å². The first-order valence-corrected chi connectivity index (χ1v) is 1.48. The lowest BCUT2D eigenvalue weighted by atomic mass is 10.6. The molecule has 0 atom stereocenters. The highest BCUT2D eigenvalue weighted by Gasteiger charge is 1.51. The summed E-state index contributed by atoms with van der Waals surface area (Å²) in [6.45, 7) is 0.538. The van der Waals surface area contributed by atoms with Gasteiger partial charge in [0.2, 0.25) is 0 Å². The summed E-state index contributed by atoms with van der Waals surface area (Å²) < 4.78 is 0. The van der Waals surface area contributed by atoms with Crippen molar-refractivity contribution in [2.45, 2.75) is 0 Å². The second kappa shape index (κ2) is 16.5. The van der Waals surface area contributed by atoms with E-state index in [0.717, 1.165) is 0 Å². The average molecular weight is 145 g/mol. The van der Waals surface area contributed by atoms with E-state index in [1.54, 1.807) is 6.08 Å². The lowest BCUT2D eigenvalue weighted by Gasteiger charge is -1.68. The van der Waals surface area contributed by atoms with Gasteiger partial charge >= 0.3 is 0 Å². The van der Waals surface area contributed by atoms with E-state index in [1.807, 2.05) is 0 Å². The zero-order valence-electron chi connectivity index (χ0n) is 3.83. The first kappa shape index (κ1) is 15.7. The summed E-state index contributed by atoms with van der Waals surface area (Å²) in [6.07, 6.45) is 3.11. The molecule has 0 fully saturated rings. The van der Waals surface area contributed by atoms with E-state index in [0.29, 0.717) is 6.54 Å². The average Bonchev–Trinajstić information content (AvgIpc) is 1.41. The second-order valence-corrected chi connectivity index (χ2v) is 0.664. The quantitative estimate of drug-likeness (QED) is 0.556. The Morgan fingerprint density at radius 2 is 1.71 bits per heavy atom. The van der Waals surface area contributed by atoms with Gasteiger partial charge in [-0.1, -0.05) is 6.08 Å². The molecule has 0 aliphatic carbocycles. The minimum absolute atomic E-state index is 0. The third kappa shape index (κ3) is 23.4. The molecular formula is C3H10Cl2N2. The molecule has 0 spiro atoms. The predicted octanol–water partition coefficient (Wildman–Crippen LogP) is 0.261. The Balaban J connectivity index is -0.0000000800. The van der Waals surface area contributed by atoms with E-state index in [2.05, 4.69) is 0 Å². The number of halogens is 2. The van der Waals surface area contributed by atoms with Crippen molar-refractivity contribution in [3.8, 4) is 0 Å². The van der Waals surface area contributed by atoms with Crippen LogP contribution in [0.5, 0.6) is 0 Å². The molecule has 0 aliphatic heterocycles. The number of hydrogen-bond acceptors (Lipinski definition) is 2. The highest BCUT2D eigenvalue weighted by molar-refractivity contribution is 5.85. The third-order valence-electron chi connectivity index (χ3n) is 0.272. The van der Waals surface area contributed by atoms with Crippen LogP contribution in [0.2, 0.25) is 0 Å². The third-order valence-corrected chi connectivity index (χ3v) is 0.272. The van der Waals surface area contributed by atoms with Crippen LogP contribution in [0.4, 0.5) is 0 Å². The Bertz CT molecular complexity index is 37.9. The molecule has 46 valence electrons. The second-order valence-electron chi connectivity index (χ2n) is 0.664. The topological polar surface area (TPSA) is 52.0 Å². The summed E-state index contributed by atoms with van der Waals surface area (Å²) in [5.41, 5.74) is 9.85. The van der Waals surface area contributed by atoms with Crippen LogP contribution in [0, 0.1) is 0 Å². The summed E-state index contributed by atoms with van der Waals surface area (Å²) >= 11 is 0. The van der Waals surface area contributed by atoms with Crippen molar-refractivity contribution in [1.82, 2.24) is 0 Å². The summed E-state index contributed by atoms with van der Waals surface area (Å²) in [7, 11) is 0. The van der Waals surface area contributed by atoms with E-state index in [4.69, 9.17) is 11.5 Å². The number of nitrogens with two attached hydrogens (primary N) is 2. The monoisotopic (exact) mass is 144 g/mol. The molecule has 0 saturated heterocycles. The molecule has 0 aromatic heterocycles. The molecular weight excluding hydrogens is 135 g/mol. The summed E-state index contributed by atoms with van der Waals surface area (Å²) in [6, 6.07) is 0. The van der Waals surface area contributed by atoms with Crippen LogP contribution >= 0.6 is 24.8 Å². The van der Waals surface area contributed by atoms with Crippen molar-refractivity contribution in [2.75, 3.05) is 6.54 Å². The van der Waals surface area contributed by atoms with Crippen molar-refractivity contribution in [2.24, 2.45) is 11.5 Å². The van der Waals surface area contributed by atoms with E-state index < -0.39 is 0 Å². The van der Waals surface area contributed by atoms with Gasteiger partial charge in [0.1, 0.15) is 0 Å². The molecule has 0 unspecified atom stereocenters. The van der Waals surface area contributed by atoms with Gasteiger partial charge in [-0.25, -0.2) is 0 Å². The molecule has 0 radical (unpaired) electrons. The maximum atomic E-state index is 4.97. The Kier molecular flexibility index (Phi) is 37.1. The van der Waals surface area contributed by atoms with Gasteiger partial charge in [-0.05, 0) is 6.20 Å². The maximum absolute atomic E-state index is 4.97. The van der Waals surface area contributed by atoms with Crippen LogP contribution in [0.15, 0.2) is 12.3 Å². The van der Waals surface area contributed by atoms with Crippen LogP contribution in [0.1, 0.15) is 0 Å². The summed E-state index contributed by atoms with van der Waals surface area (Å²) in [5.74, 6) is 0. The van der Waals surface area contributed by atoms with Crippen LogP contribution in [0.3, 0.4) is 0 Å². The lowest BCUT2D eigenvalue weighted by Crippen LogP contribution is -1.93. The Morgan fingerprint density at radius 3 is 1.71 bits per heavy atom. The predicted molar refractivity (Wildman–Crippen MR) is 36.9 cm³/mol. The van der Waals surface area contributed by atoms with E-state index in [-0.39, 0.29) is 24.8 Å². The molecule has 0 heterocycles. The van der Waals surface area contributed by atoms with Crippen molar-refractivity contribution in [3.05, 3.63) is 12.3 Å². The van der Waals surface area contributed by atoms with E-state index >= 15 is 0 Å². The Morgan fingerprint density at radius 1 is 1.29 bits per heavy atom. The van der Waals surface area contributed by atoms with Gasteiger partial charge in [-0.15, -0.1) is 24.8 Å². The van der Waals surface area contributed by atoms with Gasteiger partial charge in [0.15, 0.2) is 0 Å². The Hall–Kier alpha value is 0.0800. The molecule has 0 rings (SSSR count). The molecule has 0 saturated carbocycles. The lowest BCUT2D eigenvalue weighted by molar-refractivity contribution is 1.24. The zero-order chi connectivity index (χ0) is 4.12. The minimum atomic E-state index is 0. The first-order chi connectivity index (χ1) is 2.41.